The summed E-state index contributed by atoms with van der Waals surface area (Å²) in [6.07, 6.45) is 0. The van der Waals surface area contributed by atoms with E-state index in [1.807, 2.05) is 0 Å². The Balaban J connectivity index is 1.02. The highest BCUT2D eigenvalue weighted by Gasteiger charge is 2.40. The molecule has 10 rings (SSSR count). The fraction of sp³-hybridized carbons (Fsp3) is 0.0943. The molecule has 2 aliphatic carbocycles. The van der Waals surface area contributed by atoms with E-state index in [0.29, 0.717) is 0 Å². The second-order valence-corrected chi connectivity index (χ2v) is 15.5. The van der Waals surface area contributed by atoms with Crippen LogP contribution in [0.25, 0.3) is 44.5 Å². The summed E-state index contributed by atoms with van der Waals surface area (Å²) < 4.78 is 0. The maximum Gasteiger partial charge on any atom is 0.0465 e. The van der Waals surface area contributed by atoms with Crippen LogP contribution in [-0.4, -0.2) is 0 Å². The number of para-hydroxylation sites is 1. The van der Waals surface area contributed by atoms with Gasteiger partial charge in [-0.2, -0.15) is 0 Å². The first-order valence-corrected chi connectivity index (χ1v) is 19.0. The zero-order chi connectivity index (χ0) is 36.4. The normalized spacial score (nSPS) is 14.1. The summed E-state index contributed by atoms with van der Waals surface area (Å²) in [5, 5.41) is 0. The minimum absolute atomic E-state index is 0.139. The topological polar surface area (TPSA) is 3.24 Å². The first-order valence-electron chi connectivity index (χ1n) is 19.0. The van der Waals surface area contributed by atoms with E-state index in [1.165, 1.54) is 72.3 Å². The molecule has 8 aromatic rings. The Labute approximate surface area is 318 Å². The standard InChI is InChI=1S/C53H41N/c1-52(2)50-34-39(36-15-6-4-7-16-36)27-31-46(50)47-32-30-43(35-51(47)52)54(41-19-8-5-9-20-41)42-28-25-37(26-29-42)38-17-14-18-40(33-38)53(3)48-23-12-10-21-44(48)45-22-11-13-24-49(45)53/h4-35H,1-3H3. The van der Waals surface area contributed by atoms with Crippen LogP contribution in [0.4, 0.5) is 17.1 Å². The number of hydrogen-bond acceptors (Lipinski definition) is 1. The lowest BCUT2D eigenvalue weighted by molar-refractivity contribution is 0.660. The van der Waals surface area contributed by atoms with Crippen molar-refractivity contribution in [3.8, 4) is 44.5 Å². The highest BCUT2D eigenvalue weighted by atomic mass is 15.1. The first kappa shape index (κ1) is 32.2. The van der Waals surface area contributed by atoms with Gasteiger partial charge in [-0.15, -0.1) is 0 Å². The van der Waals surface area contributed by atoms with Gasteiger partial charge in [0.15, 0.2) is 0 Å². The van der Waals surface area contributed by atoms with Crippen LogP contribution in [-0.2, 0) is 10.8 Å². The van der Waals surface area contributed by atoms with Gasteiger partial charge >= 0.3 is 0 Å². The number of nitrogens with zero attached hydrogens (tertiary/aromatic N) is 1. The summed E-state index contributed by atoms with van der Waals surface area (Å²) in [6.45, 7) is 7.13. The molecule has 0 saturated heterocycles. The summed E-state index contributed by atoms with van der Waals surface area (Å²) in [7, 11) is 0. The summed E-state index contributed by atoms with van der Waals surface area (Å²) >= 11 is 0. The van der Waals surface area contributed by atoms with Crippen molar-refractivity contribution in [3.05, 3.63) is 222 Å². The van der Waals surface area contributed by atoms with Crippen LogP contribution in [0.15, 0.2) is 194 Å². The van der Waals surface area contributed by atoms with Crippen molar-refractivity contribution < 1.29 is 0 Å². The Kier molecular flexibility index (Phi) is 7.35. The van der Waals surface area contributed by atoms with Gasteiger partial charge in [0.25, 0.3) is 0 Å². The molecule has 2 aliphatic rings. The molecule has 54 heavy (non-hydrogen) atoms. The Morgan fingerprint density at radius 2 is 0.778 bits per heavy atom. The highest BCUT2D eigenvalue weighted by molar-refractivity contribution is 5.88. The van der Waals surface area contributed by atoms with Crippen molar-refractivity contribution in [3.63, 3.8) is 0 Å². The highest BCUT2D eigenvalue weighted by Crippen LogP contribution is 2.53. The van der Waals surface area contributed by atoms with Crippen LogP contribution in [0.2, 0.25) is 0 Å². The molecule has 0 aliphatic heterocycles. The Morgan fingerprint density at radius 3 is 1.46 bits per heavy atom. The molecule has 0 N–H and O–H groups in total. The lowest BCUT2D eigenvalue weighted by atomic mass is 9.74. The predicted molar refractivity (Wildman–Crippen MR) is 227 cm³/mol. The van der Waals surface area contributed by atoms with Crippen molar-refractivity contribution in [2.24, 2.45) is 0 Å². The van der Waals surface area contributed by atoms with Crippen LogP contribution in [0.5, 0.6) is 0 Å². The quantitative estimate of drug-likeness (QED) is 0.168. The maximum atomic E-state index is 2.42. The number of hydrogen-bond donors (Lipinski definition) is 0. The fourth-order valence-corrected chi connectivity index (χ4v) is 9.28. The molecule has 0 heterocycles. The van der Waals surface area contributed by atoms with E-state index in [9.17, 15) is 0 Å². The summed E-state index contributed by atoms with van der Waals surface area (Å²) in [5.41, 5.74) is 20.1. The molecule has 0 aromatic heterocycles. The van der Waals surface area contributed by atoms with Gasteiger partial charge in [0.1, 0.15) is 0 Å². The fourth-order valence-electron chi connectivity index (χ4n) is 9.28. The Morgan fingerprint density at radius 1 is 0.315 bits per heavy atom. The molecule has 0 unspecified atom stereocenters. The smallest absolute Gasteiger partial charge is 0.0465 e. The third-order valence-corrected chi connectivity index (χ3v) is 12.2. The first-order chi connectivity index (χ1) is 26.4. The number of rotatable bonds is 6. The lowest BCUT2D eigenvalue weighted by Gasteiger charge is -2.29. The average molecular weight is 692 g/mol. The molecule has 0 amide bonds. The van der Waals surface area contributed by atoms with Gasteiger partial charge in [-0.3, -0.25) is 0 Å². The predicted octanol–water partition coefficient (Wildman–Crippen LogP) is 14.1. The lowest BCUT2D eigenvalue weighted by Crippen LogP contribution is -2.22. The molecule has 1 heteroatoms. The minimum Gasteiger partial charge on any atom is -0.310 e. The van der Waals surface area contributed by atoms with Gasteiger partial charge in [0, 0.05) is 27.9 Å². The molecule has 0 saturated carbocycles. The zero-order valence-electron chi connectivity index (χ0n) is 30.9. The third-order valence-electron chi connectivity index (χ3n) is 12.2. The van der Waals surface area contributed by atoms with Gasteiger partial charge < -0.3 is 4.90 Å². The van der Waals surface area contributed by atoms with E-state index < -0.39 is 0 Å². The molecule has 0 spiro atoms. The molecule has 8 aromatic carbocycles. The van der Waals surface area contributed by atoms with Crippen molar-refractivity contribution in [1.29, 1.82) is 0 Å². The van der Waals surface area contributed by atoms with E-state index in [0.717, 1.165) is 17.1 Å². The molecule has 0 bridgehead atoms. The average Bonchev–Trinajstić information content (AvgIpc) is 3.63. The maximum absolute atomic E-state index is 2.42. The second kappa shape index (κ2) is 12.3. The van der Waals surface area contributed by atoms with Crippen LogP contribution in [0, 0.1) is 0 Å². The van der Waals surface area contributed by atoms with E-state index in [4.69, 9.17) is 0 Å². The number of fused-ring (bicyclic) bond motifs is 6. The molecular weight excluding hydrogens is 651 g/mol. The minimum atomic E-state index is -0.225. The zero-order valence-corrected chi connectivity index (χ0v) is 30.9. The molecule has 0 atom stereocenters. The van der Waals surface area contributed by atoms with Crippen molar-refractivity contribution in [2.45, 2.75) is 31.6 Å². The molecule has 0 fully saturated rings. The van der Waals surface area contributed by atoms with Crippen molar-refractivity contribution in [1.82, 2.24) is 0 Å². The van der Waals surface area contributed by atoms with Gasteiger partial charge in [-0.05, 0) is 128 Å². The molecule has 1 nitrogen and oxygen atoms in total. The summed E-state index contributed by atoms with van der Waals surface area (Å²) in [6, 6.07) is 71.5. The van der Waals surface area contributed by atoms with E-state index in [-0.39, 0.29) is 10.8 Å². The Hall–Kier alpha value is -6.44. The van der Waals surface area contributed by atoms with Gasteiger partial charge in [-0.1, -0.05) is 159 Å². The van der Waals surface area contributed by atoms with Gasteiger partial charge in [-0.25, -0.2) is 0 Å². The molecular formula is C53H41N. The third kappa shape index (κ3) is 4.92. The summed E-state index contributed by atoms with van der Waals surface area (Å²) in [5.74, 6) is 0. The molecule has 258 valence electrons. The Bertz CT molecular complexity index is 2640. The van der Waals surface area contributed by atoms with E-state index in [2.05, 4.69) is 220 Å². The van der Waals surface area contributed by atoms with Crippen molar-refractivity contribution in [2.75, 3.05) is 4.90 Å². The second-order valence-electron chi connectivity index (χ2n) is 15.5. The molecule has 0 radical (unpaired) electrons. The summed E-state index contributed by atoms with van der Waals surface area (Å²) in [4.78, 5) is 2.39. The van der Waals surface area contributed by atoms with Crippen LogP contribution >= 0.6 is 0 Å². The van der Waals surface area contributed by atoms with Gasteiger partial charge in [0.05, 0.1) is 0 Å². The van der Waals surface area contributed by atoms with Crippen LogP contribution in [0.1, 0.15) is 48.6 Å². The monoisotopic (exact) mass is 691 g/mol. The SMILES string of the molecule is CC1(C)c2cc(-c3ccccc3)ccc2-c2ccc(N(c3ccccc3)c3ccc(-c4cccc(C5(C)c6ccccc6-c6ccccc65)c4)cc3)cc21. The number of benzene rings is 8. The van der Waals surface area contributed by atoms with Crippen LogP contribution < -0.4 is 4.90 Å². The van der Waals surface area contributed by atoms with E-state index >= 15 is 0 Å². The largest absolute Gasteiger partial charge is 0.310 e. The van der Waals surface area contributed by atoms with Gasteiger partial charge in [0.2, 0.25) is 0 Å². The van der Waals surface area contributed by atoms with E-state index in [1.54, 1.807) is 0 Å². The number of anilines is 3. The van der Waals surface area contributed by atoms with Crippen LogP contribution in [0.3, 0.4) is 0 Å². The van der Waals surface area contributed by atoms with Crippen molar-refractivity contribution >= 4 is 17.1 Å².